The fourth-order valence-electron chi connectivity index (χ4n) is 2.58. The molecule has 0 bridgehead atoms. The molecule has 96 valence electrons. The molecule has 0 aliphatic heterocycles. The minimum absolute atomic E-state index is 0.0360. The Bertz CT molecular complexity index is 352. The number of ketones is 2. The Hall–Kier alpha value is -0.960. The molecule has 0 heterocycles. The van der Waals surface area contributed by atoms with E-state index in [-0.39, 0.29) is 30.0 Å². The van der Waals surface area contributed by atoms with Gasteiger partial charge in [-0.05, 0) is 23.8 Å². The Kier molecular flexibility index (Phi) is 4.26. The van der Waals surface area contributed by atoms with Gasteiger partial charge in [-0.15, -0.1) is 0 Å². The fraction of sp³-hybridized carbons (Fsp3) is 0.714. The maximum Gasteiger partial charge on any atom is 0.159 e. The molecule has 0 aromatic rings. The lowest BCUT2D eigenvalue weighted by molar-refractivity contribution is -0.120. The topological polar surface area (TPSA) is 54.4 Å². The Morgan fingerprint density at radius 3 is 2.59 bits per heavy atom. The van der Waals surface area contributed by atoms with E-state index in [0.717, 1.165) is 0 Å². The summed E-state index contributed by atoms with van der Waals surface area (Å²) in [7, 11) is 0. The number of aliphatic hydroxyl groups is 1. The van der Waals surface area contributed by atoms with Crippen LogP contribution < -0.4 is 0 Å². The van der Waals surface area contributed by atoms with E-state index in [2.05, 4.69) is 0 Å². The van der Waals surface area contributed by atoms with E-state index in [1.54, 1.807) is 6.92 Å². The predicted octanol–water partition coefficient (Wildman–Crippen LogP) is 2.14. The van der Waals surface area contributed by atoms with Crippen LogP contribution in [0.15, 0.2) is 11.6 Å². The van der Waals surface area contributed by atoms with Gasteiger partial charge in [0, 0.05) is 25.4 Å². The van der Waals surface area contributed by atoms with Crippen molar-refractivity contribution in [1.82, 2.24) is 0 Å². The van der Waals surface area contributed by atoms with Gasteiger partial charge in [0.05, 0.1) is 0 Å². The molecule has 2 atom stereocenters. The standard InChI is InChI=1S/C14H22O3/c1-9-5-13(17)12(6-11(9)8-15)14(3,4)7-10(2)16/h6,9,11,15H,5,7-8H2,1-4H3. The fourth-order valence-corrected chi connectivity index (χ4v) is 2.58. The molecule has 1 N–H and O–H groups in total. The van der Waals surface area contributed by atoms with Gasteiger partial charge in [0.2, 0.25) is 0 Å². The third-order valence-corrected chi connectivity index (χ3v) is 3.55. The first-order chi connectivity index (χ1) is 7.77. The average molecular weight is 238 g/mol. The summed E-state index contributed by atoms with van der Waals surface area (Å²) >= 11 is 0. The van der Waals surface area contributed by atoms with Gasteiger partial charge >= 0.3 is 0 Å². The molecule has 0 saturated carbocycles. The number of carbonyl (C=O) groups excluding carboxylic acids is 2. The second kappa shape index (κ2) is 5.13. The van der Waals surface area contributed by atoms with E-state index >= 15 is 0 Å². The van der Waals surface area contributed by atoms with Crippen molar-refractivity contribution in [2.45, 2.75) is 40.5 Å². The Labute approximate surface area is 103 Å². The van der Waals surface area contributed by atoms with Crippen molar-refractivity contribution in [2.24, 2.45) is 17.3 Å². The minimum Gasteiger partial charge on any atom is -0.396 e. The molecular weight excluding hydrogens is 216 g/mol. The Balaban J connectivity index is 3.02. The van der Waals surface area contributed by atoms with E-state index in [1.807, 2.05) is 26.8 Å². The maximum atomic E-state index is 12.0. The van der Waals surface area contributed by atoms with Crippen LogP contribution in [0.2, 0.25) is 0 Å². The molecule has 0 aromatic carbocycles. The Morgan fingerprint density at radius 1 is 1.53 bits per heavy atom. The van der Waals surface area contributed by atoms with Crippen LogP contribution in [0.25, 0.3) is 0 Å². The number of carbonyl (C=O) groups is 2. The zero-order valence-corrected chi connectivity index (χ0v) is 11.1. The number of hydrogen-bond acceptors (Lipinski definition) is 3. The number of hydrogen-bond donors (Lipinski definition) is 1. The highest BCUT2D eigenvalue weighted by molar-refractivity contribution is 5.98. The molecule has 1 aliphatic rings. The van der Waals surface area contributed by atoms with Crippen LogP contribution in [0.3, 0.4) is 0 Å². The average Bonchev–Trinajstić information content (AvgIpc) is 2.15. The van der Waals surface area contributed by atoms with Gasteiger partial charge in [0.25, 0.3) is 0 Å². The normalized spacial score (nSPS) is 25.7. The first-order valence-electron chi connectivity index (χ1n) is 6.13. The van der Waals surface area contributed by atoms with Crippen LogP contribution in [-0.2, 0) is 9.59 Å². The van der Waals surface area contributed by atoms with E-state index < -0.39 is 5.41 Å². The summed E-state index contributed by atoms with van der Waals surface area (Å²) in [5.74, 6) is 0.426. The molecule has 1 aliphatic carbocycles. The number of allylic oxidation sites excluding steroid dienone is 1. The molecule has 3 nitrogen and oxygen atoms in total. The third kappa shape index (κ3) is 3.25. The van der Waals surface area contributed by atoms with Crippen LogP contribution in [0, 0.1) is 17.3 Å². The van der Waals surface area contributed by atoms with Crippen LogP contribution in [0.4, 0.5) is 0 Å². The molecule has 0 radical (unpaired) electrons. The van der Waals surface area contributed by atoms with Crippen molar-refractivity contribution in [3.63, 3.8) is 0 Å². The SMILES string of the molecule is CC(=O)CC(C)(C)C1=CC(CO)C(C)CC1=O. The van der Waals surface area contributed by atoms with Crippen LogP contribution in [0.1, 0.15) is 40.5 Å². The molecule has 2 unspecified atom stereocenters. The quantitative estimate of drug-likeness (QED) is 0.816. The lowest BCUT2D eigenvalue weighted by Gasteiger charge is -2.33. The predicted molar refractivity (Wildman–Crippen MR) is 66.5 cm³/mol. The van der Waals surface area contributed by atoms with Crippen LogP contribution in [0.5, 0.6) is 0 Å². The van der Waals surface area contributed by atoms with E-state index in [4.69, 9.17) is 0 Å². The van der Waals surface area contributed by atoms with E-state index in [9.17, 15) is 14.7 Å². The molecule has 0 amide bonds. The van der Waals surface area contributed by atoms with Crippen LogP contribution in [-0.4, -0.2) is 23.3 Å². The van der Waals surface area contributed by atoms with Crippen molar-refractivity contribution in [2.75, 3.05) is 6.61 Å². The number of Topliss-reactive ketones (excluding diaryl/α,β-unsaturated/α-hetero) is 2. The maximum absolute atomic E-state index is 12.0. The smallest absolute Gasteiger partial charge is 0.159 e. The summed E-state index contributed by atoms with van der Waals surface area (Å²) in [6, 6.07) is 0. The van der Waals surface area contributed by atoms with Crippen LogP contribution >= 0.6 is 0 Å². The van der Waals surface area contributed by atoms with E-state index in [1.165, 1.54) is 0 Å². The summed E-state index contributed by atoms with van der Waals surface area (Å²) in [6.07, 6.45) is 2.72. The van der Waals surface area contributed by atoms with Crippen molar-refractivity contribution in [3.05, 3.63) is 11.6 Å². The highest BCUT2D eigenvalue weighted by Gasteiger charge is 2.35. The molecule has 1 rings (SSSR count). The summed E-state index contributed by atoms with van der Waals surface area (Å²) < 4.78 is 0. The van der Waals surface area contributed by atoms with Crippen molar-refractivity contribution < 1.29 is 14.7 Å². The molecule has 0 spiro atoms. The molecule has 0 saturated heterocycles. The van der Waals surface area contributed by atoms with Gasteiger partial charge in [0.1, 0.15) is 5.78 Å². The largest absolute Gasteiger partial charge is 0.396 e. The lowest BCUT2D eigenvalue weighted by atomic mass is 9.70. The van der Waals surface area contributed by atoms with E-state index in [0.29, 0.717) is 18.4 Å². The van der Waals surface area contributed by atoms with Gasteiger partial charge in [-0.3, -0.25) is 9.59 Å². The second-order valence-corrected chi connectivity index (χ2v) is 5.79. The van der Waals surface area contributed by atoms with Gasteiger partial charge in [-0.2, -0.15) is 0 Å². The highest BCUT2D eigenvalue weighted by atomic mass is 16.3. The monoisotopic (exact) mass is 238 g/mol. The molecule has 0 aromatic heterocycles. The van der Waals surface area contributed by atoms with Crippen molar-refractivity contribution in [3.8, 4) is 0 Å². The van der Waals surface area contributed by atoms with Gasteiger partial charge in [-0.1, -0.05) is 26.8 Å². The van der Waals surface area contributed by atoms with Crippen molar-refractivity contribution >= 4 is 11.6 Å². The summed E-state index contributed by atoms with van der Waals surface area (Å²) in [4.78, 5) is 23.3. The first kappa shape index (κ1) is 14.1. The zero-order valence-electron chi connectivity index (χ0n) is 11.1. The molecule has 17 heavy (non-hydrogen) atoms. The molecule has 0 fully saturated rings. The first-order valence-corrected chi connectivity index (χ1v) is 6.13. The third-order valence-electron chi connectivity index (χ3n) is 3.55. The van der Waals surface area contributed by atoms with Gasteiger partial charge in [0.15, 0.2) is 5.78 Å². The Morgan fingerprint density at radius 2 is 2.12 bits per heavy atom. The molecule has 3 heteroatoms. The second-order valence-electron chi connectivity index (χ2n) is 5.79. The van der Waals surface area contributed by atoms with Crippen molar-refractivity contribution in [1.29, 1.82) is 0 Å². The zero-order chi connectivity index (χ0) is 13.2. The molecular formula is C14H22O3. The number of rotatable bonds is 4. The summed E-state index contributed by atoms with van der Waals surface area (Å²) in [6.45, 7) is 7.42. The minimum atomic E-state index is -0.420. The number of aliphatic hydroxyl groups excluding tert-OH is 1. The lowest BCUT2D eigenvalue weighted by Crippen LogP contribution is -2.32. The van der Waals surface area contributed by atoms with Gasteiger partial charge < -0.3 is 5.11 Å². The van der Waals surface area contributed by atoms with Gasteiger partial charge in [-0.25, -0.2) is 0 Å². The highest BCUT2D eigenvalue weighted by Crippen LogP contribution is 2.38. The summed E-state index contributed by atoms with van der Waals surface area (Å²) in [5.41, 5.74) is 0.293. The summed E-state index contributed by atoms with van der Waals surface area (Å²) in [5, 5.41) is 9.29.